The van der Waals surface area contributed by atoms with Crippen LogP contribution in [0.25, 0.3) is 22.5 Å². The van der Waals surface area contributed by atoms with E-state index in [9.17, 15) is 29.3 Å². The van der Waals surface area contributed by atoms with E-state index in [1.165, 1.54) is 6.07 Å². The number of halogens is 1. The van der Waals surface area contributed by atoms with Crippen molar-refractivity contribution in [3.05, 3.63) is 90.0 Å². The van der Waals surface area contributed by atoms with Crippen molar-refractivity contribution in [1.29, 1.82) is 0 Å². The number of amides is 1. The second-order valence-electron chi connectivity index (χ2n) is 10.3. The number of rotatable bonds is 14. The van der Waals surface area contributed by atoms with Gasteiger partial charge in [0.25, 0.3) is 5.91 Å². The molecule has 0 spiro atoms. The summed E-state index contributed by atoms with van der Waals surface area (Å²) in [5, 5.41) is 30.6. The summed E-state index contributed by atoms with van der Waals surface area (Å²) in [6.45, 7) is 0.240. The molecule has 0 radical (unpaired) electrons. The zero-order chi connectivity index (χ0) is 30.8. The van der Waals surface area contributed by atoms with Crippen molar-refractivity contribution in [2.24, 2.45) is 5.41 Å². The Balaban J connectivity index is 1.28. The number of hydrogen-bond donors (Lipinski definition) is 5. The maximum Gasteiger partial charge on any atom is 0.305 e. The van der Waals surface area contributed by atoms with E-state index >= 15 is 0 Å². The number of aromatic amines is 1. The van der Waals surface area contributed by atoms with Crippen molar-refractivity contribution in [2.45, 2.75) is 19.8 Å². The lowest BCUT2D eigenvalue weighted by atomic mass is 9.93. The maximum atomic E-state index is 14.3. The second-order valence-corrected chi connectivity index (χ2v) is 10.3. The quantitative estimate of drug-likeness (QED) is 0.109. The van der Waals surface area contributed by atoms with Gasteiger partial charge in [0, 0.05) is 37.0 Å². The predicted molar refractivity (Wildman–Crippen MR) is 157 cm³/mol. The lowest BCUT2D eigenvalue weighted by molar-refractivity contribution is -0.151. The Bertz CT molecular complexity index is 1530. The number of benzene rings is 2. The van der Waals surface area contributed by atoms with Gasteiger partial charge in [0.05, 0.1) is 42.2 Å². The lowest BCUT2D eigenvalue weighted by Crippen LogP contribution is -2.39. The average molecular weight is 592 g/mol. The summed E-state index contributed by atoms with van der Waals surface area (Å²) < 4.78 is 25.3. The number of esters is 1. The molecule has 2 aromatic heterocycles. The highest BCUT2D eigenvalue weighted by Crippen LogP contribution is 2.29. The number of H-pyrrole nitrogens is 1. The number of carbonyl (C=O) groups excluding carboxylic acids is 2. The van der Waals surface area contributed by atoms with Gasteiger partial charge in [-0.25, -0.2) is 4.39 Å². The van der Waals surface area contributed by atoms with Crippen molar-refractivity contribution < 1.29 is 38.8 Å². The molecule has 0 unspecified atom stereocenters. The van der Waals surface area contributed by atoms with E-state index in [1.807, 2.05) is 6.92 Å². The Hall–Kier alpha value is -4.58. The number of aromatic nitrogens is 2. The summed E-state index contributed by atoms with van der Waals surface area (Å²) in [5.41, 5.74) is 2.48. The Labute approximate surface area is 248 Å². The van der Waals surface area contributed by atoms with Crippen molar-refractivity contribution in [2.75, 3.05) is 33.0 Å². The monoisotopic (exact) mass is 591 g/mol. The summed E-state index contributed by atoms with van der Waals surface area (Å²) in [4.78, 5) is 31.9. The SMILES string of the molecule is Cc1ccc(F)c(-c2ccc(Oc3ccnc(-c4cc(C(=O)NCCCC(=O)OCC(CO)(CO)CO)c[nH]4)c3)cc2)c1. The highest BCUT2D eigenvalue weighted by molar-refractivity contribution is 5.95. The van der Waals surface area contributed by atoms with Gasteiger partial charge in [0.15, 0.2) is 0 Å². The summed E-state index contributed by atoms with van der Waals surface area (Å²) in [7, 11) is 0. The zero-order valence-corrected chi connectivity index (χ0v) is 23.7. The van der Waals surface area contributed by atoms with Crippen molar-refractivity contribution in [3.8, 4) is 34.0 Å². The van der Waals surface area contributed by atoms with Crippen LogP contribution in [0.3, 0.4) is 0 Å². The standard InChI is InChI=1S/C32H34FN3O7/c1-21-4-9-27(33)26(13-21)22-5-7-24(8-6-22)43-25-10-12-34-29(15-25)28-14-23(16-36-28)31(41)35-11-2-3-30(40)42-20-32(17-37,18-38)19-39/h4-10,12-16,36-39H,2-3,11,17-20H2,1H3,(H,35,41). The molecule has 226 valence electrons. The molecule has 4 aromatic rings. The first-order valence-electron chi connectivity index (χ1n) is 13.7. The van der Waals surface area contributed by atoms with Gasteiger partial charge in [-0.05, 0) is 55.3 Å². The van der Waals surface area contributed by atoms with Crippen molar-refractivity contribution in [3.63, 3.8) is 0 Å². The van der Waals surface area contributed by atoms with Crippen molar-refractivity contribution >= 4 is 11.9 Å². The third-order valence-electron chi connectivity index (χ3n) is 6.86. The molecule has 0 aliphatic heterocycles. The average Bonchev–Trinajstić information content (AvgIpc) is 3.53. The minimum Gasteiger partial charge on any atom is -0.465 e. The molecule has 0 aliphatic rings. The van der Waals surface area contributed by atoms with E-state index in [4.69, 9.17) is 9.47 Å². The zero-order valence-electron chi connectivity index (χ0n) is 23.7. The minimum absolute atomic E-state index is 0.0132. The first-order chi connectivity index (χ1) is 20.8. The maximum absolute atomic E-state index is 14.3. The van der Waals surface area contributed by atoms with Gasteiger partial charge >= 0.3 is 5.97 Å². The van der Waals surface area contributed by atoms with E-state index in [0.29, 0.717) is 40.4 Å². The normalized spacial score (nSPS) is 11.3. The molecule has 0 saturated carbocycles. The Morgan fingerprint density at radius 1 is 0.977 bits per heavy atom. The van der Waals surface area contributed by atoms with E-state index in [-0.39, 0.29) is 31.3 Å². The number of hydrogen-bond acceptors (Lipinski definition) is 8. The van der Waals surface area contributed by atoms with Crippen LogP contribution in [-0.2, 0) is 9.53 Å². The fourth-order valence-corrected chi connectivity index (χ4v) is 4.12. The molecule has 43 heavy (non-hydrogen) atoms. The smallest absolute Gasteiger partial charge is 0.305 e. The number of pyridine rings is 1. The van der Waals surface area contributed by atoms with Gasteiger partial charge in [-0.15, -0.1) is 0 Å². The molecule has 0 aliphatic carbocycles. The Kier molecular flexibility index (Phi) is 10.6. The molecule has 4 rings (SSSR count). The van der Waals surface area contributed by atoms with Crippen LogP contribution in [0.1, 0.15) is 28.8 Å². The number of aliphatic hydroxyl groups is 3. The molecule has 0 saturated heterocycles. The van der Waals surface area contributed by atoms with Crippen LogP contribution >= 0.6 is 0 Å². The number of nitrogens with one attached hydrogen (secondary N) is 2. The highest BCUT2D eigenvalue weighted by atomic mass is 19.1. The number of carbonyl (C=O) groups is 2. The van der Waals surface area contributed by atoms with Crippen LogP contribution in [0.4, 0.5) is 4.39 Å². The summed E-state index contributed by atoms with van der Waals surface area (Å²) in [6.07, 6.45) is 3.47. The van der Waals surface area contributed by atoms with Gasteiger partial charge in [-0.1, -0.05) is 23.8 Å². The van der Waals surface area contributed by atoms with Gasteiger partial charge in [0.2, 0.25) is 0 Å². The van der Waals surface area contributed by atoms with E-state index in [1.54, 1.807) is 67.0 Å². The summed E-state index contributed by atoms with van der Waals surface area (Å²) in [5.74, 6) is -0.0995. The lowest BCUT2D eigenvalue weighted by Gasteiger charge is -2.26. The van der Waals surface area contributed by atoms with Gasteiger partial charge in [-0.3, -0.25) is 14.6 Å². The van der Waals surface area contributed by atoms with Crippen LogP contribution in [0.5, 0.6) is 11.5 Å². The third kappa shape index (κ3) is 8.25. The molecular weight excluding hydrogens is 557 g/mol. The number of nitrogens with zero attached hydrogens (tertiary/aromatic N) is 1. The van der Waals surface area contributed by atoms with Crippen molar-refractivity contribution in [1.82, 2.24) is 15.3 Å². The van der Waals surface area contributed by atoms with E-state index < -0.39 is 31.2 Å². The fourth-order valence-electron chi connectivity index (χ4n) is 4.12. The topological polar surface area (TPSA) is 154 Å². The van der Waals surface area contributed by atoms with Gasteiger partial charge in [-0.2, -0.15) is 0 Å². The first kappa shape index (κ1) is 31.4. The second kappa shape index (κ2) is 14.5. The molecule has 1 amide bonds. The summed E-state index contributed by atoms with van der Waals surface area (Å²) >= 11 is 0. The molecule has 11 heteroatoms. The molecule has 0 fully saturated rings. The Morgan fingerprint density at radius 2 is 1.72 bits per heavy atom. The summed E-state index contributed by atoms with van der Waals surface area (Å²) in [6, 6.07) is 17.2. The van der Waals surface area contributed by atoms with Crippen LogP contribution in [0, 0.1) is 18.2 Å². The molecular formula is C32H34FN3O7. The van der Waals surface area contributed by atoms with Crippen LogP contribution in [0.2, 0.25) is 0 Å². The molecule has 0 atom stereocenters. The van der Waals surface area contributed by atoms with Crippen LogP contribution < -0.4 is 10.1 Å². The first-order valence-corrected chi connectivity index (χ1v) is 13.7. The van der Waals surface area contributed by atoms with E-state index in [0.717, 1.165) is 11.1 Å². The molecule has 10 nitrogen and oxygen atoms in total. The Morgan fingerprint density at radius 3 is 2.44 bits per heavy atom. The molecule has 2 heterocycles. The van der Waals surface area contributed by atoms with Crippen LogP contribution in [-0.4, -0.2) is 70.1 Å². The minimum atomic E-state index is -1.29. The fraction of sp³-hybridized carbons (Fsp3) is 0.281. The van der Waals surface area contributed by atoms with Gasteiger partial charge in [0.1, 0.15) is 23.9 Å². The number of ether oxygens (including phenoxy) is 2. The van der Waals surface area contributed by atoms with Crippen LogP contribution in [0.15, 0.2) is 73.1 Å². The van der Waals surface area contributed by atoms with E-state index in [2.05, 4.69) is 15.3 Å². The highest BCUT2D eigenvalue weighted by Gasteiger charge is 2.30. The largest absolute Gasteiger partial charge is 0.465 e. The molecule has 5 N–H and O–H groups in total. The molecule has 2 aromatic carbocycles. The molecule has 0 bridgehead atoms. The number of aliphatic hydroxyl groups excluding tert-OH is 3. The van der Waals surface area contributed by atoms with Gasteiger partial charge < -0.3 is 35.1 Å². The third-order valence-corrected chi connectivity index (χ3v) is 6.86. The predicted octanol–water partition coefficient (Wildman–Crippen LogP) is 4.00. The number of aryl methyl sites for hydroxylation is 1.